The number of carbonyl (C=O) groups excluding carboxylic acids is 1. The van der Waals surface area contributed by atoms with Gasteiger partial charge in [-0.15, -0.1) is 0 Å². The van der Waals surface area contributed by atoms with Gasteiger partial charge in [-0.25, -0.2) is 9.78 Å². The van der Waals surface area contributed by atoms with Crippen LogP contribution in [0.2, 0.25) is 0 Å². The molecule has 2 atom stereocenters. The van der Waals surface area contributed by atoms with Crippen molar-refractivity contribution >= 4 is 17.6 Å². The molecule has 0 saturated carbocycles. The first-order chi connectivity index (χ1) is 13.4. The molecule has 2 fully saturated rings. The second-order valence-corrected chi connectivity index (χ2v) is 7.90. The van der Waals surface area contributed by atoms with E-state index in [2.05, 4.69) is 27.4 Å². The summed E-state index contributed by atoms with van der Waals surface area (Å²) in [6.45, 7) is 6.78. The van der Waals surface area contributed by atoms with Gasteiger partial charge in [-0.1, -0.05) is 13.0 Å². The molecular formula is C21H27N6O+. The standard InChI is InChI=1S/C21H26N6O/c1-15-7-10-26(13-15)19-6-5-16(12-23-19)18(22)11-17-14-27(20(28)25-17)21(2)8-3-4-9-24-21/h3-6,8-9,11-12,15,22,24H,7,10,13-14H2,1-2H3,(H,25,28)/p+1/b17-11-,22-18?/t15-,21?/m0/s1. The molecule has 4 heterocycles. The van der Waals surface area contributed by atoms with Crippen LogP contribution in [0.3, 0.4) is 0 Å². The van der Waals surface area contributed by atoms with E-state index in [1.807, 2.05) is 49.6 Å². The van der Waals surface area contributed by atoms with Crippen LogP contribution in [-0.4, -0.2) is 46.9 Å². The number of hydrogen-bond acceptors (Lipinski definition) is 4. The lowest BCUT2D eigenvalue weighted by Crippen LogP contribution is -2.55. The van der Waals surface area contributed by atoms with E-state index in [-0.39, 0.29) is 6.03 Å². The monoisotopic (exact) mass is 379 g/mol. The zero-order chi connectivity index (χ0) is 19.7. The van der Waals surface area contributed by atoms with Crippen molar-refractivity contribution in [1.82, 2.24) is 20.5 Å². The van der Waals surface area contributed by atoms with Crippen LogP contribution in [0.4, 0.5) is 10.6 Å². The number of nitrogens with one attached hydrogen (secondary N) is 2. The van der Waals surface area contributed by atoms with Crippen LogP contribution in [0, 0.1) is 5.92 Å². The number of nitrogens with zero attached hydrogens (tertiary/aromatic N) is 3. The SMILES string of the molecule is C[C@H]1CCN(c2ccc(C(=[NH2+])/C=C3/CN(C4(C)C=CC=CN4)C(=O)N3)cn2)C1. The first kappa shape index (κ1) is 18.3. The summed E-state index contributed by atoms with van der Waals surface area (Å²) in [6, 6.07) is 3.86. The van der Waals surface area contributed by atoms with E-state index < -0.39 is 5.66 Å². The third-order valence-electron chi connectivity index (χ3n) is 5.56. The summed E-state index contributed by atoms with van der Waals surface area (Å²) >= 11 is 0. The van der Waals surface area contributed by atoms with Crippen molar-refractivity contribution in [3.63, 3.8) is 0 Å². The molecule has 28 heavy (non-hydrogen) atoms. The fraction of sp³-hybridized carbons (Fsp3) is 0.381. The quantitative estimate of drug-likeness (QED) is 0.675. The molecule has 0 spiro atoms. The molecule has 0 aliphatic carbocycles. The van der Waals surface area contributed by atoms with Crippen molar-refractivity contribution in [3.05, 3.63) is 60.1 Å². The van der Waals surface area contributed by atoms with Crippen LogP contribution >= 0.6 is 0 Å². The fourth-order valence-electron chi connectivity index (χ4n) is 3.83. The van der Waals surface area contributed by atoms with E-state index in [9.17, 15) is 4.79 Å². The van der Waals surface area contributed by atoms with Gasteiger partial charge in [-0.3, -0.25) is 10.3 Å². The number of pyridine rings is 1. The van der Waals surface area contributed by atoms with Gasteiger partial charge in [0, 0.05) is 31.1 Å². The Balaban J connectivity index is 1.44. The minimum absolute atomic E-state index is 0.148. The summed E-state index contributed by atoms with van der Waals surface area (Å²) in [6.07, 6.45) is 12.5. The number of aromatic nitrogens is 1. The van der Waals surface area contributed by atoms with Crippen molar-refractivity contribution in [2.45, 2.75) is 25.9 Å². The molecule has 1 aromatic rings. The summed E-state index contributed by atoms with van der Waals surface area (Å²) < 4.78 is 0. The third-order valence-corrected chi connectivity index (χ3v) is 5.56. The number of urea groups is 1. The second-order valence-electron chi connectivity index (χ2n) is 7.90. The van der Waals surface area contributed by atoms with E-state index in [4.69, 9.17) is 5.41 Å². The number of hydrogen-bond donors (Lipinski definition) is 3. The Labute approximate surface area is 165 Å². The van der Waals surface area contributed by atoms with Crippen molar-refractivity contribution in [1.29, 1.82) is 0 Å². The Bertz CT molecular complexity index is 871. The Morgan fingerprint density at radius 1 is 1.39 bits per heavy atom. The molecule has 1 unspecified atom stereocenters. The number of amides is 2. The Kier molecular flexibility index (Phi) is 4.66. The van der Waals surface area contributed by atoms with E-state index in [0.717, 1.165) is 30.2 Å². The van der Waals surface area contributed by atoms with Crippen LogP contribution in [0.15, 0.2) is 54.5 Å². The van der Waals surface area contributed by atoms with Crippen LogP contribution in [-0.2, 0) is 0 Å². The summed E-state index contributed by atoms with van der Waals surface area (Å²) in [5.74, 6) is 1.70. The fourth-order valence-corrected chi connectivity index (χ4v) is 3.83. The van der Waals surface area contributed by atoms with Crippen molar-refractivity contribution in [2.75, 3.05) is 24.5 Å². The number of dihydropyridines is 1. The van der Waals surface area contributed by atoms with Gasteiger partial charge in [-0.2, -0.15) is 0 Å². The van der Waals surface area contributed by atoms with Crippen LogP contribution in [0.5, 0.6) is 0 Å². The van der Waals surface area contributed by atoms with Gasteiger partial charge in [-0.05, 0) is 49.7 Å². The van der Waals surface area contributed by atoms with Gasteiger partial charge in [0.05, 0.1) is 12.1 Å². The molecule has 0 aromatic carbocycles. The smallest absolute Gasteiger partial charge is 0.324 e. The molecule has 4 rings (SSSR count). The first-order valence-corrected chi connectivity index (χ1v) is 9.70. The van der Waals surface area contributed by atoms with E-state index in [1.54, 1.807) is 11.1 Å². The minimum Gasteiger partial charge on any atom is -0.366 e. The molecule has 2 saturated heterocycles. The predicted octanol–water partition coefficient (Wildman–Crippen LogP) is 0.774. The highest BCUT2D eigenvalue weighted by molar-refractivity contribution is 6.05. The summed E-state index contributed by atoms with van der Waals surface area (Å²) in [4.78, 5) is 21.1. The Morgan fingerprint density at radius 3 is 2.89 bits per heavy atom. The van der Waals surface area contributed by atoms with Gasteiger partial charge in [0.2, 0.25) is 5.71 Å². The van der Waals surface area contributed by atoms with Crippen LogP contribution < -0.4 is 20.9 Å². The molecule has 3 aliphatic rings. The van der Waals surface area contributed by atoms with Gasteiger partial charge >= 0.3 is 6.03 Å². The lowest BCUT2D eigenvalue weighted by Gasteiger charge is -2.36. The number of allylic oxidation sites excluding steroid dienone is 3. The van der Waals surface area contributed by atoms with Gasteiger partial charge < -0.3 is 15.5 Å². The number of nitrogens with two attached hydrogens (primary N) is 1. The number of carbonyl (C=O) groups is 1. The summed E-state index contributed by atoms with van der Waals surface area (Å²) in [7, 11) is 0. The van der Waals surface area contributed by atoms with Gasteiger partial charge in [0.25, 0.3) is 0 Å². The van der Waals surface area contributed by atoms with E-state index in [1.165, 1.54) is 6.42 Å². The third kappa shape index (κ3) is 3.52. The zero-order valence-electron chi connectivity index (χ0n) is 16.4. The topological polar surface area (TPSA) is 86.1 Å². The summed E-state index contributed by atoms with van der Waals surface area (Å²) in [5.41, 5.74) is 1.65. The van der Waals surface area contributed by atoms with Crippen molar-refractivity contribution < 1.29 is 10.2 Å². The second kappa shape index (κ2) is 7.14. The van der Waals surface area contributed by atoms with E-state index >= 15 is 0 Å². The van der Waals surface area contributed by atoms with Crippen LogP contribution in [0.25, 0.3) is 0 Å². The van der Waals surface area contributed by atoms with Crippen LogP contribution in [0.1, 0.15) is 25.8 Å². The molecule has 146 valence electrons. The van der Waals surface area contributed by atoms with E-state index in [0.29, 0.717) is 18.2 Å². The highest BCUT2D eigenvalue weighted by Gasteiger charge is 2.38. The Morgan fingerprint density at radius 2 is 2.25 bits per heavy atom. The summed E-state index contributed by atoms with van der Waals surface area (Å²) in [5, 5.41) is 12.4. The maximum atomic E-state index is 12.4. The molecule has 1 aromatic heterocycles. The van der Waals surface area contributed by atoms with Gasteiger partial charge in [0.15, 0.2) is 0 Å². The van der Waals surface area contributed by atoms with Gasteiger partial charge in [0.1, 0.15) is 11.5 Å². The lowest BCUT2D eigenvalue weighted by atomic mass is 10.1. The predicted molar refractivity (Wildman–Crippen MR) is 109 cm³/mol. The molecule has 0 radical (unpaired) electrons. The average Bonchev–Trinajstić information content (AvgIpc) is 3.28. The molecule has 3 aliphatic heterocycles. The first-order valence-electron chi connectivity index (χ1n) is 9.70. The zero-order valence-corrected chi connectivity index (χ0v) is 16.4. The average molecular weight is 379 g/mol. The highest BCUT2D eigenvalue weighted by Crippen LogP contribution is 2.23. The molecule has 7 heteroatoms. The van der Waals surface area contributed by atoms with Crippen molar-refractivity contribution in [3.8, 4) is 0 Å². The minimum atomic E-state index is -0.556. The Hall–Kier alpha value is -3.09. The molecule has 2 amide bonds. The molecule has 4 N–H and O–H groups in total. The number of anilines is 1. The maximum absolute atomic E-state index is 12.4. The molecule has 0 bridgehead atoms. The lowest BCUT2D eigenvalue weighted by molar-refractivity contribution is -0.111. The molecular weight excluding hydrogens is 352 g/mol. The largest absolute Gasteiger partial charge is 0.366 e. The highest BCUT2D eigenvalue weighted by atomic mass is 16.2. The number of rotatable bonds is 4. The van der Waals surface area contributed by atoms with Crippen molar-refractivity contribution in [2.24, 2.45) is 5.92 Å². The maximum Gasteiger partial charge on any atom is 0.324 e. The normalized spacial score (nSPS) is 28.0. The molecule has 7 nitrogen and oxygen atoms in total.